The molecule has 0 rings (SSSR count). The SMILES string of the molecule is I[IH]I.[C]. The molecule has 0 fully saturated rings. The van der Waals surface area contributed by atoms with Crippen LogP contribution in [0.4, 0.5) is 0 Å². The first kappa shape index (κ1) is 9.50. The average Bonchev–Trinajstić information content (AvgIpc) is 0.918. The molecule has 4 radical (unpaired) electrons. The number of hydrogen-bond donors (Lipinski definition) is 0. The minimum absolute atomic E-state index is 0. The smallest absolute Gasteiger partial charge is 0 e. The molecular formula is CHI3. The molecule has 0 aromatic rings. The third kappa shape index (κ3) is 8.89. The molecule has 0 saturated heterocycles. The predicted octanol–water partition coefficient (Wildman–Crippen LogP) is 2.47. The maximum Gasteiger partial charge on any atom is 0 e. The van der Waals surface area contributed by atoms with Gasteiger partial charge in [0, 0.05) is 7.43 Å². The van der Waals surface area contributed by atoms with Gasteiger partial charge < -0.3 is 0 Å². The maximum atomic E-state index is 2.41. The van der Waals surface area contributed by atoms with Crippen LogP contribution in [0, 0.1) is 7.43 Å². The first-order valence-electron chi connectivity index (χ1n) is 0.309. The second-order valence-corrected chi connectivity index (χ2v) is 17.6. The van der Waals surface area contributed by atoms with Crippen LogP contribution in [-0.4, -0.2) is 0 Å². The van der Waals surface area contributed by atoms with E-state index < -0.39 is 0 Å². The Hall–Kier alpha value is 2.19. The summed E-state index contributed by atoms with van der Waals surface area (Å²) in [6.07, 6.45) is 0. The molecule has 0 saturated carbocycles. The molecule has 0 amide bonds. The van der Waals surface area contributed by atoms with Crippen LogP contribution in [0.5, 0.6) is 0 Å². The zero-order valence-electron chi connectivity index (χ0n) is 1.66. The van der Waals surface area contributed by atoms with E-state index in [4.69, 9.17) is 0 Å². The van der Waals surface area contributed by atoms with Crippen molar-refractivity contribution in [2.45, 2.75) is 0 Å². The second kappa shape index (κ2) is 8.95. The molecular weight excluding hydrogens is 393 g/mol. The molecule has 3 heteroatoms. The maximum absolute atomic E-state index is 2.41. The van der Waals surface area contributed by atoms with Crippen molar-refractivity contribution in [2.75, 3.05) is 0 Å². The third-order valence-electron chi connectivity index (χ3n) is 0. The monoisotopic (exact) mass is 394 g/mol. The molecule has 0 nitrogen and oxygen atoms in total. The molecule has 0 bridgehead atoms. The van der Waals surface area contributed by atoms with E-state index >= 15 is 0 Å². The van der Waals surface area contributed by atoms with E-state index in [2.05, 4.69) is 37.2 Å². The second-order valence-electron chi connectivity index (χ2n) is 0.0583. The van der Waals surface area contributed by atoms with Gasteiger partial charge in [0.05, 0.1) is 0 Å². The van der Waals surface area contributed by atoms with Gasteiger partial charge in [0.15, 0.2) is 0 Å². The molecule has 0 unspecified atom stereocenters. The van der Waals surface area contributed by atoms with Gasteiger partial charge in [0.1, 0.15) is 0 Å². The predicted molar refractivity (Wildman–Crippen MR) is 46.7 cm³/mol. The fourth-order valence-corrected chi connectivity index (χ4v) is 0. The molecule has 0 aromatic heterocycles. The summed E-state index contributed by atoms with van der Waals surface area (Å²) >= 11 is 5.22. The Morgan fingerprint density at radius 3 is 1.25 bits per heavy atom. The standard InChI is InChI=1S/C.HI3/c;1-3-2/h;3H. The van der Waals surface area contributed by atoms with Gasteiger partial charge in [-0.1, -0.05) is 0 Å². The van der Waals surface area contributed by atoms with E-state index in [1.165, 1.54) is 0 Å². The number of halogens is 3. The number of hydrogen-bond acceptors (Lipinski definition) is 0. The van der Waals surface area contributed by atoms with E-state index in [-0.39, 0.29) is 7.43 Å². The van der Waals surface area contributed by atoms with Crippen molar-refractivity contribution in [3.63, 3.8) is 0 Å². The first-order chi connectivity index (χ1) is 1.41. The Morgan fingerprint density at radius 1 is 1.25 bits per heavy atom. The Morgan fingerprint density at radius 2 is 1.25 bits per heavy atom. The van der Waals surface area contributed by atoms with E-state index in [9.17, 15) is 0 Å². The molecule has 0 spiro atoms. The average molecular weight is 394 g/mol. The summed E-state index contributed by atoms with van der Waals surface area (Å²) in [6.45, 7) is 0. The summed E-state index contributed by atoms with van der Waals surface area (Å²) in [5, 5.41) is 0. The van der Waals surface area contributed by atoms with Gasteiger partial charge in [-0.05, 0) is 0 Å². The summed E-state index contributed by atoms with van der Waals surface area (Å²) in [4.78, 5) is 0. The van der Waals surface area contributed by atoms with Crippen LogP contribution in [0.3, 0.4) is 0 Å². The molecule has 0 aliphatic heterocycles. The Kier molecular flexibility index (Phi) is 21.3. The molecule has 0 atom stereocenters. The van der Waals surface area contributed by atoms with Crippen molar-refractivity contribution in [1.82, 2.24) is 0 Å². The van der Waals surface area contributed by atoms with E-state index in [1.807, 2.05) is 0 Å². The van der Waals surface area contributed by atoms with Crippen LogP contribution < -0.4 is 0 Å². The van der Waals surface area contributed by atoms with Crippen molar-refractivity contribution in [3.8, 4) is 0 Å². The van der Waals surface area contributed by atoms with Crippen LogP contribution in [-0.2, 0) is 0 Å². The van der Waals surface area contributed by atoms with E-state index in [0.717, 1.165) is 0 Å². The number of rotatable bonds is 0. The van der Waals surface area contributed by atoms with Gasteiger partial charge in [0.25, 0.3) is 0 Å². The Labute approximate surface area is 56.7 Å². The summed E-state index contributed by atoms with van der Waals surface area (Å²) in [5.41, 5.74) is 0. The summed E-state index contributed by atoms with van der Waals surface area (Å²) in [5.74, 6) is 0. The fourth-order valence-electron chi connectivity index (χ4n) is 0. The molecule has 26 valence electrons. The van der Waals surface area contributed by atoms with Crippen LogP contribution in [0.2, 0.25) is 0 Å². The van der Waals surface area contributed by atoms with Crippen molar-refractivity contribution >= 4 is 50.5 Å². The van der Waals surface area contributed by atoms with Gasteiger partial charge in [-0.15, -0.1) is 0 Å². The third-order valence-corrected chi connectivity index (χ3v) is 0. The van der Waals surface area contributed by atoms with Gasteiger partial charge in [0.2, 0.25) is 0 Å². The van der Waals surface area contributed by atoms with Gasteiger partial charge in [-0.25, -0.2) is 0 Å². The Bertz CT molecular complexity index is 3.25. The van der Waals surface area contributed by atoms with Gasteiger partial charge >= 0.3 is 50.5 Å². The summed E-state index contributed by atoms with van der Waals surface area (Å²) < 4.78 is 0. The summed E-state index contributed by atoms with van der Waals surface area (Å²) in [6, 6.07) is 0. The molecule has 4 heavy (non-hydrogen) atoms. The van der Waals surface area contributed by atoms with Crippen LogP contribution in [0.1, 0.15) is 0 Å². The molecule has 0 heterocycles. The largest absolute Gasteiger partial charge is 0 e. The zero-order chi connectivity index (χ0) is 2.71. The van der Waals surface area contributed by atoms with E-state index in [1.54, 1.807) is 0 Å². The topological polar surface area (TPSA) is 0 Å². The summed E-state index contributed by atoms with van der Waals surface area (Å²) in [7, 11) is 0. The fraction of sp³-hybridized carbons (Fsp3) is 0. The van der Waals surface area contributed by atoms with Crippen molar-refractivity contribution < 1.29 is 0 Å². The van der Waals surface area contributed by atoms with Crippen LogP contribution in [0.15, 0.2) is 0 Å². The van der Waals surface area contributed by atoms with E-state index in [0.29, 0.717) is 13.3 Å². The molecule has 0 aliphatic carbocycles. The molecule has 0 N–H and O–H groups in total. The van der Waals surface area contributed by atoms with Crippen molar-refractivity contribution in [2.24, 2.45) is 0 Å². The van der Waals surface area contributed by atoms with Gasteiger partial charge in [-0.2, -0.15) is 0 Å². The van der Waals surface area contributed by atoms with Crippen LogP contribution in [0.25, 0.3) is 0 Å². The minimum Gasteiger partial charge on any atom is 0 e. The quantitative estimate of drug-likeness (QED) is 0.555. The zero-order valence-corrected chi connectivity index (χ0v) is 8.31. The normalized spacial score (nSPS) is 5.50. The van der Waals surface area contributed by atoms with Crippen LogP contribution >= 0.6 is 50.5 Å². The van der Waals surface area contributed by atoms with Crippen molar-refractivity contribution in [1.29, 1.82) is 0 Å². The van der Waals surface area contributed by atoms with Crippen molar-refractivity contribution in [3.05, 3.63) is 7.43 Å². The Balaban J connectivity index is 0. The molecule has 0 aromatic carbocycles. The molecule has 0 aliphatic rings. The van der Waals surface area contributed by atoms with Gasteiger partial charge in [-0.3, -0.25) is 0 Å². The minimum atomic E-state index is 0. The first-order valence-corrected chi connectivity index (χ1v) is 13.9.